The molecule has 2 rings (SSSR count). The van der Waals surface area contributed by atoms with Crippen LogP contribution in [0.25, 0.3) is 0 Å². The minimum Gasteiger partial charge on any atom is -0.744 e. The summed E-state index contributed by atoms with van der Waals surface area (Å²) in [6.07, 6.45) is 0. The first-order valence-electron chi connectivity index (χ1n) is 5.33. The molecule has 0 atom stereocenters. The second-order valence-corrected chi connectivity index (χ2v) is 6.08. The zero-order chi connectivity index (χ0) is 14.8. The van der Waals surface area contributed by atoms with Gasteiger partial charge in [-0.15, -0.1) is 0 Å². The number of hydrogen-bond donors (Lipinski definition) is 0. The van der Waals surface area contributed by atoms with Crippen LogP contribution in [0.4, 0.5) is 0 Å². The summed E-state index contributed by atoms with van der Waals surface area (Å²) in [5.41, 5.74) is 0.341. The Kier molecular flexibility index (Phi) is 6.41. The number of benzene rings is 2. The van der Waals surface area contributed by atoms with Gasteiger partial charge in [0.1, 0.15) is 27.7 Å². The number of halogens is 1. The first-order chi connectivity index (χ1) is 9.40. The molecule has 0 amide bonds. The van der Waals surface area contributed by atoms with Gasteiger partial charge in [0.15, 0.2) is 0 Å². The zero-order valence-corrected chi connectivity index (χ0v) is 15.3. The minimum atomic E-state index is -4.48. The summed E-state index contributed by atoms with van der Waals surface area (Å²) in [6.45, 7) is 0. The Hall–Kier alpha value is -0.880. The summed E-state index contributed by atoms with van der Waals surface area (Å²) < 4.78 is 38.6. The van der Waals surface area contributed by atoms with Crippen molar-refractivity contribution in [1.82, 2.24) is 0 Å². The normalized spacial score (nSPS) is 10.3. The molecule has 21 heavy (non-hydrogen) atoms. The van der Waals surface area contributed by atoms with Crippen molar-refractivity contribution < 1.29 is 47.3 Å². The van der Waals surface area contributed by atoms with E-state index in [1.54, 1.807) is 18.2 Å². The maximum Gasteiger partial charge on any atom is 1.00 e. The average molecular weight is 376 g/mol. The summed E-state index contributed by atoms with van der Waals surface area (Å²) in [5, 5.41) is 8.97. The van der Waals surface area contributed by atoms with Crippen LogP contribution in [0.1, 0.15) is 5.56 Å². The average Bonchev–Trinajstić information content (AvgIpc) is 2.38. The van der Waals surface area contributed by atoms with E-state index in [0.717, 1.165) is 16.6 Å². The monoisotopic (exact) mass is 375 g/mol. The van der Waals surface area contributed by atoms with Crippen LogP contribution in [-0.4, -0.2) is 13.0 Å². The van der Waals surface area contributed by atoms with Gasteiger partial charge in [-0.2, -0.15) is 5.26 Å². The Morgan fingerprint density at radius 3 is 2.29 bits per heavy atom. The van der Waals surface area contributed by atoms with E-state index in [1.165, 1.54) is 12.1 Å². The Labute approximate surface area is 152 Å². The van der Waals surface area contributed by atoms with E-state index < -0.39 is 10.1 Å². The fraction of sp³-hybridized carbons (Fsp3) is 0. The Morgan fingerprint density at radius 2 is 1.76 bits per heavy atom. The molecule has 0 heterocycles. The SMILES string of the molecule is N#Cc1ccc(Br)cc1Oc1ccc(S(=O)(=O)[O-])cc1.[Na+]. The molecule has 102 valence electrons. The van der Waals surface area contributed by atoms with Gasteiger partial charge in [0.25, 0.3) is 0 Å². The molecule has 5 nitrogen and oxygen atoms in total. The van der Waals surface area contributed by atoms with Crippen molar-refractivity contribution in [2.24, 2.45) is 0 Å². The summed E-state index contributed by atoms with van der Waals surface area (Å²) in [4.78, 5) is -0.334. The maximum atomic E-state index is 10.8. The van der Waals surface area contributed by atoms with Crippen LogP contribution in [0.15, 0.2) is 51.8 Å². The summed E-state index contributed by atoms with van der Waals surface area (Å²) in [6, 6.07) is 11.9. The van der Waals surface area contributed by atoms with Gasteiger partial charge in [-0.05, 0) is 42.5 Å². The van der Waals surface area contributed by atoms with E-state index in [2.05, 4.69) is 15.9 Å². The molecule has 0 aliphatic rings. The molecular formula is C13H7BrNNaO4S. The molecule has 0 aromatic heterocycles. The number of rotatable bonds is 3. The molecule has 2 aromatic carbocycles. The van der Waals surface area contributed by atoms with Crippen LogP contribution >= 0.6 is 15.9 Å². The van der Waals surface area contributed by atoms with Crippen LogP contribution in [0, 0.1) is 11.3 Å². The first kappa shape index (κ1) is 18.2. The molecule has 8 heteroatoms. The molecule has 0 bridgehead atoms. The van der Waals surface area contributed by atoms with Crippen LogP contribution in [0.5, 0.6) is 11.5 Å². The minimum absolute atomic E-state index is 0. The van der Waals surface area contributed by atoms with Gasteiger partial charge < -0.3 is 9.29 Å². The fourth-order valence-electron chi connectivity index (χ4n) is 1.47. The van der Waals surface area contributed by atoms with Crippen molar-refractivity contribution in [1.29, 1.82) is 5.26 Å². The third-order valence-corrected chi connectivity index (χ3v) is 3.75. The van der Waals surface area contributed by atoms with Crippen LogP contribution in [-0.2, 0) is 10.1 Å². The van der Waals surface area contributed by atoms with Crippen molar-refractivity contribution in [3.05, 3.63) is 52.5 Å². The van der Waals surface area contributed by atoms with E-state index in [4.69, 9.17) is 10.00 Å². The van der Waals surface area contributed by atoms with Gasteiger partial charge in [0.05, 0.1) is 10.5 Å². The summed E-state index contributed by atoms with van der Waals surface area (Å²) in [7, 11) is -4.48. The molecule has 0 aliphatic heterocycles. The van der Waals surface area contributed by atoms with E-state index in [9.17, 15) is 13.0 Å². The van der Waals surface area contributed by atoms with Gasteiger partial charge in [-0.25, -0.2) is 8.42 Å². The predicted octanol–water partition coefficient (Wildman–Crippen LogP) is 0.0212. The van der Waals surface area contributed by atoms with Crippen molar-refractivity contribution in [3.8, 4) is 17.6 Å². The molecule has 2 aromatic rings. The van der Waals surface area contributed by atoms with Gasteiger partial charge in [0.2, 0.25) is 0 Å². The molecule has 0 saturated heterocycles. The van der Waals surface area contributed by atoms with Crippen molar-refractivity contribution in [2.75, 3.05) is 0 Å². The topological polar surface area (TPSA) is 90.2 Å². The summed E-state index contributed by atoms with van der Waals surface area (Å²) in [5.74, 6) is 0.659. The molecule has 0 aliphatic carbocycles. The van der Waals surface area contributed by atoms with E-state index in [1.807, 2.05) is 6.07 Å². The van der Waals surface area contributed by atoms with Crippen LogP contribution in [0.3, 0.4) is 0 Å². The maximum absolute atomic E-state index is 10.8. The smallest absolute Gasteiger partial charge is 0.744 e. The van der Waals surface area contributed by atoms with Crippen molar-refractivity contribution in [3.63, 3.8) is 0 Å². The van der Waals surface area contributed by atoms with E-state index in [-0.39, 0.29) is 34.5 Å². The molecule has 0 N–H and O–H groups in total. The van der Waals surface area contributed by atoms with Gasteiger partial charge in [-0.3, -0.25) is 0 Å². The predicted molar refractivity (Wildman–Crippen MR) is 73.3 cm³/mol. The Morgan fingerprint density at radius 1 is 1.14 bits per heavy atom. The van der Waals surface area contributed by atoms with Crippen molar-refractivity contribution in [2.45, 2.75) is 4.90 Å². The third-order valence-electron chi connectivity index (χ3n) is 2.40. The van der Waals surface area contributed by atoms with Gasteiger partial charge in [-0.1, -0.05) is 15.9 Å². The molecule has 0 spiro atoms. The number of ether oxygens (including phenoxy) is 1. The van der Waals surface area contributed by atoms with Crippen molar-refractivity contribution >= 4 is 26.0 Å². The number of hydrogen-bond acceptors (Lipinski definition) is 5. The molecule has 0 saturated carbocycles. The molecule has 0 radical (unpaired) electrons. The standard InChI is InChI=1S/C13H8BrNO4S.Na/c14-10-2-1-9(8-15)13(7-10)19-11-3-5-12(6-4-11)20(16,17)18;/h1-7H,(H,16,17,18);/q;+1/p-1. The summed E-state index contributed by atoms with van der Waals surface area (Å²) >= 11 is 3.27. The van der Waals surface area contributed by atoms with Gasteiger partial charge in [0, 0.05) is 4.47 Å². The second-order valence-electron chi connectivity index (χ2n) is 3.78. The van der Waals surface area contributed by atoms with E-state index >= 15 is 0 Å². The molecule has 0 unspecified atom stereocenters. The second kappa shape index (κ2) is 7.40. The Balaban J connectivity index is 0.00000220. The Bertz CT molecular complexity index is 785. The zero-order valence-electron chi connectivity index (χ0n) is 10.9. The quantitative estimate of drug-likeness (QED) is 0.557. The fourth-order valence-corrected chi connectivity index (χ4v) is 2.28. The van der Waals surface area contributed by atoms with Crippen LogP contribution in [0.2, 0.25) is 0 Å². The first-order valence-corrected chi connectivity index (χ1v) is 7.54. The number of nitriles is 1. The van der Waals surface area contributed by atoms with Gasteiger partial charge >= 0.3 is 29.6 Å². The third kappa shape index (κ3) is 4.81. The van der Waals surface area contributed by atoms with Crippen LogP contribution < -0.4 is 34.3 Å². The number of nitrogens with zero attached hydrogens (tertiary/aromatic N) is 1. The van der Waals surface area contributed by atoms with E-state index in [0.29, 0.717) is 17.1 Å². The molecule has 0 fully saturated rings. The largest absolute Gasteiger partial charge is 1.00 e. The molecular weight excluding hydrogens is 369 g/mol.